The number of piperazine rings is 1. The van der Waals surface area contributed by atoms with Gasteiger partial charge in [-0.05, 0) is 36.4 Å². The minimum absolute atomic E-state index is 0.358. The van der Waals surface area contributed by atoms with Crippen LogP contribution in [0.25, 0.3) is 0 Å². The van der Waals surface area contributed by atoms with Crippen molar-refractivity contribution >= 4 is 29.0 Å². The van der Waals surface area contributed by atoms with Gasteiger partial charge in [0.2, 0.25) is 0 Å². The van der Waals surface area contributed by atoms with Gasteiger partial charge in [-0.1, -0.05) is 18.2 Å². The first-order valence-electron chi connectivity index (χ1n) is 9.38. The molecule has 8 heteroatoms. The van der Waals surface area contributed by atoms with E-state index in [1.54, 1.807) is 6.07 Å². The molecule has 0 radical (unpaired) electrons. The molecule has 0 spiro atoms. The van der Waals surface area contributed by atoms with Crippen LogP contribution in [0.2, 0.25) is 0 Å². The van der Waals surface area contributed by atoms with E-state index in [-0.39, 0.29) is 5.82 Å². The molecule has 0 saturated carbocycles. The number of benzene rings is 2. The van der Waals surface area contributed by atoms with Crippen molar-refractivity contribution in [3.8, 4) is 0 Å². The van der Waals surface area contributed by atoms with E-state index < -0.39 is 6.03 Å². The largest absolute Gasteiger partial charge is 0.368 e. The van der Waals surface area contributed by atoms with Crippen LogP contribution in [0.3, 0.4) is 0 Å². The predicted octanol–water partition coefficient (Wildman–Crippen LogP) is 3.59. The highest BCUT2D eigenvalue weighted by molar-refractivity contribution is 5.99. The van der Waals surface area contributed by atoms with Crippen LogP contribution < -0.4 is 20.4 Å². The number of carbonyl (C=O) groups is 1. The Morgan fingerprint density at radius 3 is 2.28 bits per heavy atom. The van der Waals surface area contributed by atoms with Gasteiger partial charge in [-0.25, -0.2) is 19.2 Å². The van der Waals surface area contributed by atoms with Crippen LogP contribution >= 0.6 is 0 Å². The second-order valence-electron chi connectivity index (χ2n) is 6.66. The SMILES string of the molecule is O=C(Nc1ccc(F)cc1)Nc1cc(N2CCN(c3ccccc3)CC2)ncn1. The lowest BCUT2D eigenvalue weighted by molar-refractivity contribution is 0.262. The Morgan fingerprint density at radius 2 is 1.55 bits per heavy atom. The summed E-state index contributed by atoms with van der Waals surface area (Å²) in [6.45, 7) is 3.43. The smallest absolute Gasteiger partial charge is 0.324 e. The monoisotopic (exact) mass is 392 g/mol. The lowest BCUT2D eigenvalue weighted by Crippen LogP contribution is -2.46. The van der Waals surface area contributed by atoms with Crippen molar-refractivity contribution < 1.29 is 9.18 Å². The number of halogens is 1. The van der Waals surface area contributed by atoms with Gasteiger partial charge < -0.3 is 15.1 Å². The Morgan fingerprint density at radius 1 is 0.862 bits per heavy atom. The number of carbonyl (C=O) groups excluding carboxylic acids is 1. The normalized spacial score (nSPS) is 13.8. The van der Waals surface area contributed by atoms with E-state index in [2.05, 4.69) is 42.5 Å². The van der Waals surface area contributed by atoms with E-state index in [1.165, 1.54) is 36.3 Å². The van der Waals surface area contributed by atoms with Gasteiger partial charge in [0.05, 0.1) is 0 Å². The van der Waals surface area contributed by atoms with E-state index in [0.29, 0.717) is 11.5 Å². The summed E-state index contributed by atoms with van der Waals surface area (Å²) in [6.07, 6.45) is 1.44. The van der Waals surface area contributed by atoms with Crippen molar-refractivity contribution in [3.63, 3.8) is 0 Å². The molecule has 1 aliphatic heterocycles. The zero-order valence-corrected chi connectivity index (χ0v) is 15.8. The average Bonchev–Trinajstić information content (AvgIpc) is 2.76. The summed E-state index contributed by atoms with van der Waals surface area (Å²) in [6, 6.07) is 17.2. The number of para-hydroxylation sites is 1. The van der Waals surface area contributed by atoms with Crippen LogP contribution in [0.5, 0.6) is 0 Å². The molecule has 1 saturated heterocycles. The van der Waals surface area contributed by atoms with Gasteiger partial charge in [-0.2, -0.15) is 0 Å². The number of hydrogen-bond donors (Lipinski definition) is 2. The maximum Gasteiger partial charge on any atom is 0.324 e. The molecule has 29 heavy (non-hydrogen) atoms. The third-order valence-electron chi connectivity index (χ3n) is 4.72. The van der Waals surface area contributed by atoms with Gasteiger partial charge in [-0.3, -0.25) is 5.32 Å². The predicted molar refractivity (Wildman–Crippen MR) is 112 cm³/mol. The second kappa shape index (κ2) is 8.55. The molecule has 0 atom stereocenters. The fourth-order valence-electron chi connectivity index (χ4n) is 3.23. The van der Waals surface area contributed by atoms with E-state index in [1.807, 2.05) is 18.2 Å². The molecule has 4 rings (SSSR count). The Balaban J connectivity index is 1.35. The summed E-state index contributed by atoms with van der Waals surface area (Å²) in [4.78, 5) is 25.1. The van der Waals surface area contributed by atoms with Crippen molar-refractivity contribution in [2.24, 2.45) is 0 Å². The summed E-state index contributed by atoms with van der Waals surface area (Å²) in [5.74, 6) is 0.814. The average molecular weight is 392 g/mol. The van der Waals surface area contributed by atoms with Crippen LogP contribution in [0.15, 0.2) is 67.0 Å². The van der Waals surface area contributed by atoms with E-state index in [9.17, 15) is 9.18 Å². The first-order valence-corrected chi connectivity index (χ1v) is 9.38. The van der Waals surface area contributed by atoms with E-state index >= 15 is 0 Å². The summed E-state index contributed by atoms with van der Waals surface area (Å²) < 4.78 is 13.0. The lowest BCUT2D eigenvalue weighted by Gasteiger charge is -2.36. The van der Waals surface area contributed by atoms with Crippen LogP contribution in [0, 0.1) is 5.82 Å². The van der Waals surface area contributed by atoms with Crippen molar-refractivity contribution in [1.29, 1.82) is 0 Å². The molecule has 148 valence electrons. The summed E-state index contributed by atoms with van der Waals surface area (Å²) >= 11 is 0. The van der Waals surface area contributed by atoms with Crippen LogP contribution in [0.4, 0.5) is 32.2 Å². The number of rotatable bonds is 4. The highest BCUT2D eigenvalue weighted by Crippen LogP contribution is 2.20. The maximum atomic E-state index is 13.0. The number of nitrogens with zero attached hydrogens (tertiary/aromatic N) is 4. The fraction of sp³-hybridized carbons (Fsp3) is 0.190. The fourth-order valence-corrected chi connectivity index (χ4v) is 3.23. The number of urea groups is 1. The quantitative estimate of drug-likeness (QED) is 0.710. The summed E-state index contributed by atoms with van der Waals surface area (Å²) in [5, 5.41) is 5.33. The van der Waals surface area contributed by atoms with Gasteiger partial charge in [0.1, 0.15) is 23.8 Å². The lowest BCUT2D eigenvalue weighted by atomic mass is 10.2. The molecule has 0 aliphatic carbocycles. The molecule has 2 N–H and O–H groups in total. The molecule has 2 amide bonds. The maximum absolute atomic E-state index is 13.0. The van der Waals surface area contributed by atoms with Crippen molar-refractivity contribution in [1.82, 2.24) is 9.97 Å². The Bertz CT molecular complexity index is 958. The molecular weight excluding hydrogens is 371 g/mol. The second-order valence-corrected chi connectivity index (χ2v) is 6.66. The van der Waals surface area contributed by atoms with Gasteiger partial charge >= 0.3 is 6.03 Å². The minimum Gasteiger partial charge on any atom is -0.368 e. The van der Waals surface area contributed by atoms with E-state index in [4.69, 9.17) is 0 Å². The van der Waals surface area contributed by atoms with Gasteiger partial charge in [0, 0.05) is 43.6 Å². The van der Waals surface area contributed by atoms with Crippen LogP contribution in [0.1, 0.15) is 0 Å². The Labute approximate surface area is 168 Å². The third kappa shape index (κ3) is 4.78. The zero-order valence-electron chi connectivity index (χ0n) is 15.8. The molecule has 1 fully saturated rings. The van der Waals surface area contributed by atoms with Crippen LogP contribution in [-0.4, -0.2) is 42.2 Å². The molecule has 2 heterocycles. The topological polar surface area (TPSA) is 73.4 Å². The number of nitrogens with one attached hydrogen (secondary N) is 2. The first-order chi connectivity index (χ1) is 14.2. The van der Waals surface area contributed by atoms with E-state index in [0.717, 1.165) is 32.0 Å². The Hall–Kier alpha value is -3.68. The molecule has 1 aromatic heterocycles. The van der Waals surface area contributed by atoms with Crippen molar-refractivity contribution in [3.05, 3.63) is 72.8 Å². The van der Waals surface area contributed by atoms with Gasteiger partial charge in [0.25, 0.3) is 0 Å². The molecule has 0 unspecified atom stereocenters. The first kappa shape index (κ1) is 18.7. The molecule has 0 bridgehead atoms. The highest BCUT2D eigenvalue weighted by atomic mass is 19.1. The third-order valence-corrected chi connectivity index (χ3v) is 4.72. The molecule has 7 nitrogen and oxygen atoms in total. The number of amides is 2. The van der Waals surface area contributed by atoms with Crippen molar-refractivity contribution in [2.75, 3.05) is 46.6 Å². The molecular formula is C21H21FN6O. The summed E-state index contributed by atoms with van der Waals surface area (Å²) in [5.41, 5.74) is 1.71. The standard InChI is InChI=1S/C21H21FN6O/c22-16-6-8-17(9-7-16)25-21(29)26-19-14-20(24-15-23-19)28-12-10-27(11-13-28)18-4-2-1-3-5-18/h1-9,14-15H,10-13H2,(H2,23,24,25,26,29). The molecule has 3 aromatic rings. The number of hydrogen-bond acceptors (Lipinski definition) is 5. The number of aromatic nitrogens is 2. The summed E-state index contributed by atoms with van der Waals surface area (Å²) in [7, 11) is 0. The van der Waals surface area contributed by atoms with Crippen LogP contribution in [-0.2, 0) is 0 Å². The van der Waals surface area contributed by atoms with Gasteiger partial charge in [0.15, 0.2) is 0 Å². The molecule has 2 aromatic carbocycles. The Kier molecular flexibility index (Phi) is 5.51. The van der Waals surface area contributed by atoms with Crippen molar-refractivity contribution in [2.45, 2.75) is 0 Å². The zero-order chi connectivity index (χ0) is 20.1. The number of anilines is 4. The highest BCUT2D eigenvalue weighted by Gasteiger charge is 2.19. The minimum atomic E-state index is -0.449. The molecule has 1 aliphatic rings. The van der Waals surface area contributed by atoms with Gasteiger partial charge in [-0.15, -0.1) is 0 Å².